The molecule has 1 rings (SSSR count). The average Bonchev–Trinajstić information content (AvgIpc) is 2.19. The van der Waals surface area contributed by atoms with E-state index in [0.29, 0.717) is 0 Å². The fourth-order valence-electron chi connectivity index (χ4n) is 1.17. The summed E-state index contributed by atoms with van der Waals surface area (Å²) < 4.78 is 0. The van der Waals surface area contributed by atoms with Gasteiger partial charge in [-0.3, -0.25) is 0 Å². The molecule has 0 aliphatic carbocycles. The number of aryl methyl sites for hydroxylation is 1. The van der Waals surface area contributed by atoms with Crippen molar-refractivity contribution in [3.05, 3.63) is 35.9 Å². The van der Waals surface area contributed by atoms with Crippen molar-refractivity contribution >= 4 is 17.8 Å². The Labute approximate surface area is 84.2 Å². The first kappa shape index (κ1) is 10.3. The highest BCUT2D eigenvalue weighted by molar-refractivity contribution is 6.27. The standard InChI is InChI=1S/C11H13ClN/c12-11(9-13)8-4-7-10-5-2-1-3-6-10/h2-3,5-6,9,11,13H,4,7-8H2. The number of alkyl halides is 1. The van der Waals surface area contributed by atoms with Gasteiger partial charge in [-0.2, -0.15) is 0 Å². The highest BCUT2D eigenvalue weighted by Crippen LogP contribution is 2.08. The predicted molar refractivity (Wildman–Crippen MR) is 56.6 cm³/mol. The summed E-state index contributed by atoms with van der Waals surface area (Å²) in [6.45, 7) is 0. The highest BCUT2D eigenvalue weighted by atomic mass is 35.5. The van der Waals surface area contributed by atoms with Crippen molar-refractivity contribution in [2.24, 2.45) is 0 Å². The van der Waals surface area contributed by atoms with Crippen LogP contribution in [0.3, 0.4) is 0 Å². The van der Waals surface area contributed by atoms with Crippen LogP contribution in [-0.2, 0) is 6.42 Å². The van der Waals surface area contributed by atoms with Gasteiger partial charge in [0, 0.05) is 6.21 Å². The zero-order valence-corrected chi connectivity index (χ0v) is 8.22. The molecule has 0 amide bonds. The largest absolute Gasteiger partial charge is 0.312 e. The molecular weight excluding hydrogens is 182 g/mol. The molecule has 0 saturated heterocycles. The quantitative estimate of drug-likeness (QED) is 0.550. The van der Waals surface area contributed by atoms with Gasteiger partial charge < -0.3 is 5.41 Å². The van der Waals surface area contributed by atoms with Gasteiger partial charge in [0.25, 0.3) is 0 Å². The predicted octanol–water partition coefficient (Wildman–Crippen LogP) is 3.07. The van der Waals surface area contributed by atoms with Crippen LogP contribution in [0.1, 0.15) is 18.4 Å². The fourth-order valence-corrected chi connectivity index (χ4v) is 1.33. The molecule has 0 heterocycles. The Bertz CT molecular complexity index is 246. The molecule has 0 bridgehead atoms. The third-order valence-electron chi connectivity index (χ3n) is 1.91. The summed E-state index contributed by atoms with van der Waals surface area (Å²) in [7, 11) is 0. The number of nitrogens with one attached hydrogen (secondary N) is 1. The van der Waals surface area contributed by atoms with Crippen molar-refractivity contribution in [3.8, 4) is 0 Å². The summed E-state index contributed by atoms with van der Waals surface area (Å²) in [6.07, 6.45) is 4.24. The van der Waals surface area contributed by atoms with Crippen LogP contribution in [0.15, 0.2) is 24.3 Å². The van der Waals surface area contributed by atoms with Gasteiger partial charge in [-0.05, 0) is 30.9 Å². The molecule has 0 aromatic heterocycles. The monoisotopic (exact) mass is 194 g/mol. The van der Waals surface area contributed by atoms with Crippen LogP contribution >= 0.6 is 11.6 Å². The van der Waals surface area contributed by atoms with E-state index in [9.17, 15) is 0 Å². The van der Waals surface area contributed by atoms with Gasteiger partial charge in [-0.25, -0.2) is 0 Å². The Morgan fingerprint density at radius 3 is 2.77 bits per heavy atom. The molecule has 69 valence electrons. The van der Waals surface area contributed by atoms with Crippen LogP contribution < -0.4 is 0 Å². The maximum atomic E-state index is 6.93. The van der Waals surface area contributed by atoms with Gasteiger partial charge in [0.2, 0.25) is 0 Å². The van der Waals surface area contributed by atoms with Gasteiger partial charge in [-0.15, -0.1) is 11.6 Å². The molecule has 1 N–H and O–H groups in total. The van der Waals surface area contributed by atoms with Crippen LogP contribution in [-0.4, -0.2) is 11.6 Å². The second kappa shape index (κ2) is 5.76. The minimum Gasteiger partial charge on any atom is -0.312 e. The smallest absolute Gasteiger partial charge is 0.0681 e. The molecule has 1 aromatic carbocycles. The summed E-state index contributed by atoms with van der Waals surface area (Å²) in [5.74, 6) is 0. The number of halogens is 1. The van der Waals surface area contributed by atoms with Gasteiger partial charge in [0.15, 0.2) is 0 Å². The Kier molecular flexibility index (Phi) is 4.55. The second-order valence-corrected chi connectivity index (χ2v) is 3.54. The van der Waals surface area contributed by atoms with E-state index < -0.39 is 0 Å². The summed E-state index contributed by atoms with van der Waals surface area (Å²) in [5, 5.41) is 6.83. The van der Waals surface area contributed by atoms with Gasteiger partial charge in [0.1, 0.15) is 0 Å². The van der Waals surface area contributed by atoms with Crippen LogP contribution in [0.5, 0.6) is 0 Å². The normalized spacial score (nSPS) is 12.4. The van der Waals surface area contributed by atoms with E-state index in [0.717, 1.165) is 19.3 Å². The van der Waals surface area contributed by atoms with E-state index in [1.807, 2.05) is 12.1 Å². The lowest BCUT2D eigenvalue weighted by Gasteiger charge is -2.02. The SMILES string of the molecule is N=CC(Cl)CCCc1cc[c]cc1. The summed E-state index contributed by atoms with van der Waals surface area (Å²) in [4.78, 5) is 0. The van der Waals surface area contributed by atoms with Crippen LogP contribution in [0.4, 0.5) is 0 Å². The molecule has 1 unspecified atom stereocenters. The Balaban J connectivity index is 2.24. The minimum absolute atomic E-state index is 0.102. The Morgan fingerprint density at radius 2 is 2.15 bits per heavy atom. The molecule has 0 fully saturated rings. The van der Waals surface area contributed by atoms with Crippen LogP contribution in [0.2, 0.25) is 0 Å². The van der Waals surface area contributed by atoms with Crippen molar-refractivity contribution in [2.45, 2.75) is 24.6 Å². The summed E-state index contributed by atoms with van der Waals surface area (Å²) in [6, 6.07) is 10.9. The Morgan fingerprint density at radius 1 is 1.46 bits per heavy atom. The van der Waals surface area contributed by atoms with Crippen molar-refractivity contribution in [2.75, 3.05) is 0 Å². The van der Waals surface area contributed by atoms with Gasteiger partial charge in [0.05, 0.1) is 5.38 Å². The minimum atomic E-state index is -0.102. The molecule has 1 nitrogen and oxygen atoms in total. The lowest BCUT2D eigenvalue weighted by atomic mass is 10.1. The van der Waals surface area contributed by atoms with E-state index in [-0.39, 0.29) is 5.38 Å². The number of benzene rings is 1. The Hall–Kier alpha value is -0.820. The van der Waals surface area contributed by atoms with E-state index in [2.05, 4.69) is 18.2 Å². The molecule has 1 radical (unpaired) electrons. The molecule has 1 aromatic rings. The maximum absolute atomic E-state index is 6.93. The first-order chi connectivity index (χ1) is 6.33. The van der Waals surface area contributed by atoms with Crippen LogP contribution in [0, 0.1) is 11.5 Å². The zero-order valence-electron chi connectivity index (χ0n) is 7.46. The molecule has 1 atom stereocenters. The maximum Gasteiger partial charge on any atom is 0.0681 e. The molecule has 13 heavy (non-hydrogen) atoms. The lowest BCUT2D eigenvalue weighted by molar-refractivity contribution is 0.769. The highest BCUT2D eigenvalue weighted by Gasteiger charge is 1.99. The molecular formula is C11H13ClN. The molecule has 2 heteroatoms. The van der Waals surface area contributed by atoms with Crippen LogP contribution in [0.25, 0.3) is 0 Å². The van der Waals surface area contributed by atoms with Gasteiger partial charge in [-0.1, -0.05) is 24.3 Å². The molecule has 0 aliphatic heterocycles. The first-order valence-electron chi connectivity index (χ1n) is 4.42. The van der Waals surface area contributed by atoms with E-state index in [1.54, 1.807) is 0 Å². The van der Waals surface area contributed by atoms with Crippen molar-refractivity contribution in [1.29, 1.82) is 5.41 Å². The third-order valence-corrected chi connectivity index (χ3v) is 2.26. The summed E-state index contributed by atoms with van der Waals surface area (Å²) >= 11 is 5.78. The molecule has 0 saturated carbocycles. The third kappa shape index (κ3) is 4.09. The summed E-state index contributed by atoms with van der Waals surface area (Å²) in [5.41, 5.74) is 1.31. The van der Waals surface area contributed by atoms with E-state index in [1.165, 1.54) is 11.8 Å². The fraction of sp³-hybridized carbons (Fsp3) is 0.364. The lowest BCUT2D eigenvalue weighted by Crippen LogP contribution is -1.99. The van der Waals surface area contributed by atoms with E-state index >= 15 is 0 Å². The number of hydrogen-bond donors (Lipinski definition) is 1. The number of hydrogen-bond acceptors (Lipinski definition) is 1. The molecule has 0 spiro atoms. The van der Waals surface area contributed by atoms with Crippen molar-refractivity contribution in [1.82, 2.24) is 0 Å². The van der Waals surface area contributed by atoms with E-state index in [4.69, 9.17) is 17.0 Å². The first-order valence-corrected chi connectivity index (χ1v) is 4.86. The zero-order chi connectivity index (χ0) is 9.52. The van der Waals surface area contributed by atoms with Crippen molar-refractivity contribution in [3.63, 3.8) is 0 Å². The van der Waals surface area contributed by atoms with Crippen molar-refractivity contribution < 1.29 is 0 Å². The number of rotatable bonds is 5. The second-order valence-electron chi connectivity index (χ2n) is 2.98. The topological polar surface area (TPSA) is 23.9 Å². The van der Waals surface area contributed by atoms with Gasteiger partial charge >= 0.3 is 0 Å². The average molecular weight is 195 g/mol. The molecule has 0 aliphatic rings.